The van der Waals surface area contributed by atoms with Gasteiger partial charge in [-0.3, -0.25) is 14.7 Å². The molecule has 25 heavy (non-hydrogen) atoms. The third-order valence-electron chi connectivity index (χ3n) is 4.38. The summed E-state index contributed by atoms with van der Waals surface area (Å²) >= 11 is 1.73. The summed E-state index contributed by atoms with van der Waals surface area (Å²) in [5.41, 5.74) is 9.14. The van der Waals surface area contributed by atoms with Crippen LogP contribution in [0.5, 0.6) is 0 Å². The molecule has 3 aromatic heterocycles. The Balaban J connectivity index is 1.49. The molecular weight excluding hydrogens is 334 g/mol. The summed E-state index contributed by atoms with van der Waals surface area (Å²) in [7, 11) is 0. The number of primary amides is 1. The van der Waals surface area contributed by atoms with E-state index in [9.17, 15) is 4.79 Å². The van der Waals surface area contributed by atoms with Crippen LogP contribution in [0.15, 0.2) is 30.6 Å². The minimum Gasteiger partial charge on any atom is -0.366 e. The Morgan fingerprint density at radius 2 is 2.28 bits per heavy atom. The van der Waals surface area contributed by atoms with Crippen molar-refractivity contribution in [3.63, 3.8) is 0 Å². The number of thiophene rings is 1. The van der Waals surface area contributed by atoms with Crippen LogP contribution in [0.1, 0.15) is 32.4 Å². The molecule has 0 fully saturated rings. The van der Waals surface area contributed by atoms with E-state index < -0.39 is 5.91 Å². The van der Waals surface area contributed by atoms with Crippen molar-refractivity contribution in [1.82, 2.24) is 19.9 Å². The van der Waals surface area contributed by atoms with E-state index in [1.165, 1.54) is 22.5 Å². The van der Waals surface area contributed by atoms with Crippen molar-refractivity contribution in [2.24, 2.45) is 5.73 Å². The number of aromatic amines is 1. The highest BCUT2D eigenvalue weighted by molar-refractivity contribution is 7.15. The Hall–Kier alpha value is -2.51. The van der Waals surface area contributed by atoms with E-state index in [1.807, 2.05) is 6.92 Å². The predicted octanol–water partition coefficient (Wildman–Crippen LogP) is 2.50. The Kier molecular flexibility index (Phi) is 4.10. The second-order valence-electron chi connectivity index (χ2n) is 6.30. The van der Waals surface area contributed by atoms with Crippen LogP contribution in [0.4, 0.5) is 0 Å². The van der Waals surface area contributed by atoms with Crippen molar-refractivity contribution < 1.29 is 4.79 Å². The van der Waals surface area contributed by atoms with Gasteiger partial charge in [0.2, 0.25) is 5.91 Å². The molecule has 0 spiro atoms. The maximum atomic E-state index is 11.3. The molecule has 0 aliphatic carbocycles. The summed E-state index contributed by atoms with van der Waals surface area (Å²) in [6.45, 7) is 4.83. The second-order valence-corrected chi connectivity index (χ2v) is 7.47. The van der Waals surface area contributed by atoms with E-state index in [0.29, 0.717) is 5.56 Å². The number of hydrogen-bond acceptors (Lipinski definition) is 5. The van der Waals surface area contributed by atoms with Crippen molar-refractivity contribution in [3.8, 4) is 10.4 Å². The van der Waals surface area contributed by atoms with Gasteiger partial charge in [-0.2, -0.15) is 0 Å². The molecule has 3 aromatic rings. The number of rotatable bonds is 4. The van der Waals surface area contributed by atoms with E-state index >= 15 is 0 Å². The van der Waals surface area contributed by atoms with Gasteiger partial charge in [0.25, 0.3) is 0 Å². The van der Waals surface area contributed by atoms with E-state index in [-0.39, 0.29) is 0 Å². The van der Waals surface area contributed by atoms with Crippen molar-refractivity contribution in [1.29, 1.82) is 0 Å². The Morgan fingerprint density at radius 1 is 1.40 bits per heavy atom. The van der Waals surface area contributed by atoms with Crippen LogP contribution in [0.3, 0.4) is 0 Å². The van der Waals surface area contributed by atoms with Gasteiger partial charge in [-0.15, -0.1) is 11.3 Å². The van der Waals surface area contributed by atoms with Crippen LogP contribution >= 0.6 is 11.3 Å². The van der Waals surface area contributed by atoms with Crippen LogP contribution in [0, 0.1) is 6.92 Å². The zero-order chi connectivity index (χ0) is 17.4. The first kappa shape index (κ1) is 16.0. The molecule has 3 N–H and O–H groups in total. The van der Waals surface area contributed by atoms with Gasteiger partial charge >= 0.3 is 0 Å². The highest BCUT2D eigenvalue weighted by atomic mass is 32.1. The van der Waals surface area contributed by atoms with Crippen molar-refractivity contribution >= 4 is 17.2 Å². The van der Waals surface area contributed by atoms with E-state index in [2.05, 4.69) is 32.0 Å². The first-order valence-electron chi connectivity index (χ1n) is 8.19. The van der Waals surface area contributed by atoms with Gasteiger partial charge in [0.1, 0.15) is 5.82 Å². The molecule has 128 valence electrons. The van der Waals surface area contributed by atoms with Gasteiger partial charge in [0.15, 0.2) is 0 Å². The first-order valence-corrected chi connectivity index (χ1v) is 9.01. The number of amides is 1. The molecular formula is C18H19N5OS. The molecule has 1 aliphatic rings. The van der Waals surface area contributed by atoms with Crippen LogP contribution in [-0.4, -0.2) is 32.3 Å². The number of hydrogen-bond donors (Lipinski definition) is 2. The monoisotopic (exact) mass is 353 g/mol. The molecule has 0 bridgehead atoms. The van der Waals surface area contributed by atoms with Crippen LogP contribution < -0.4 is 5.73 Å². The minimum atomic E-state index is -0.454. The normalized spacial score (nSPS) is 14.4. The third-order valence-corrected chi connectivity index (χ3v) is 5.50. The standard InChI is InChI=1S/C18H19N5OS/c1-11-21-15-4-5-23(10-16(15)22-11)9-14-2-3-17(25-14)12-6-13(18(19)24)8-20-7-12/h2-3,6-8H,4-5,9-10H2,1H3,(H2,19,24)(H,21,22). The van der Waals surface area contributed by atoms with Crippen molar-refractivity contribution in [2.45, 2.75) is 26.4 Å². The number of nitrogens with zero attached hydrogens (tertiary/aromatic N) is 3. The Bertz CT molecular complexity index is 929. The molecule has 4 heterocycles. The fraction of sp³-hybridized carbons (Fsp3) is 0.278. The summed E-state index contributed by atoms with van der Waals surface area (Å²) in [5.74, 6) is 0.539. The smallest absolute Gasteiger partial charge is 0.250 e. The van der Waals surface area contributed by atoms with Crippen molar-refractivity contribution in [3.05, 3.63) is 58.2 Å². The Labute approximate surface area is 149 Å². The molecule has 0 radical (unpaired) electrons. The lowest BCUT2D eigenvalue weighted by Crippen LogP contribution is -2.29. The number of nitrogens with one attached hydrogen (secondary N) is 1. The number of fused-ring (bicyclic) bond motifs is 1. The molecule has 0 aromatic carbocycles. The SMILES string of the molecule is Cc1nc2c([nH]1)CN(Cc1ccc(-c3cncc(C(N)=O)c3)s1)CC2. The van der Waals surface area contributed by atoms with Gasteiger partial charge in [-0.1, -0.05) is 0 Å². The van der Waals surface area contributed by atoms with E-state index in [4.69, 9.17) is 5.73 Å². The van der Waals surface area contributed by atoms with Gasteiger partial charge in [0.05, 0.1) is 17.0 Å². The van der Waals surface area contributed by atoms with Gasteiger partial charge in [-0.25, -0.2) is 4.98 Å². The van der Waals surface area contributed by atoms with Gasteiger partial charge in [-0.05, 0) is 25.1 Å². The average molecular weight is 353 g/mol. The molecule has 0 unspecified atom stereocenters. The van der Waals surface area contributed by atoms with Crippen LogP contribution in [0.25, 0.3) is 10.4 Å². The number of carbonyl (C=O) groups is 1. The Morgan fingerprint density at radius 3 is 3.12 bits per heavy atom. The maximum Gasteiger partial charge on any atom is 0.250 e. The lowest BCUT2D eigenvalue weighted by Gasteiger charge is -2.25. The third kappa shape index (κ3) is 3.33. The fourth-order valence-electron chi connectivity index (χ4n) is 3.18. The number of imidazole rings is 1. The number of H-pyrrole nitrogens is 1. The summed E-state index contributed by atoms with van der Waals surface area (Å²) in [6, 6.07) is 6.02. The highest BCUT2D eigenvalue weighted by Gasteiger charge is 2.20. The van der Waals surface area contributed by atoms with Gasteiger partial charge < -0.3 is 10.7 Å². The summed E-state index contributed by atoms with van der Waals surface area (Å²) in [5, 5.41) is 0. The largest absolute Gasteiger partial charge is 0.366 e. The zero-order valence-electron chi connectivity index (χ0n) is 14.0. The average Bonchev–Trinajstić information content (AvgIpc) is 3.20. The molecule has 7 heteroatoms. The zero-order valence-corrected chi connectivity index (χ0v) is 14.8. The number of pyridine rings is 1. The summed E-state index contributed by atoms with van der Waals surface area (Å²) in [6.07, 6.45) is 4.25. The number of nitrogens with two attached hydrogens (primary N) is 1. The summed E-state index contributed by atoms with van der Waals surface area (Å²) < 4.78 is 0. The lowest BCUT2D eigenvalue weighted by molar-refractivity contribution is 0.1000. The van der Waals surface area contributed by atoms with E-state index in [1.54, 1.807) is 23.6 Å². The van der Waals surface area contributed by atoms with Crippen molar-refractivity contribution in [2.75, 3.05) is 6.54 Å². The van der Waals surface area contributed by atoms with Crippen LogP contribution in [0.2, 0.25) is 0 Å². The topological polar surface area (TPSA) is 87.9 Å². The number of aromatic nitrogens is 3. The number of aryl methyl sites for hydroxylation is 1. The van der Waals surface area contributed by atoms with Gasteiger partial charge in [0, 0.05) is 53.8 Å². The molecule has 1 aliphatic heterocycles. The molecule has 6 nitrogen and oxygen atoms in total. The highest BCUT2D eigenvalue weighted by Crippen LogP contribution is 2.30. The predicted molar refractivity (Wildman–Crippen MR) is 97.2 cm³/mol. The quantitative estimate of drug-likeness (QED) is 0.754. The summed E-state index contributed by atoms with van der Waals surface area (Å²) in [4.78, 5) is 28.2. The number of carbonyl (C=O) groups excluding carboxylic acids is 1. The molecule has 0 saturated carbocycles. The maximum absolute atomic E-state index is 11.3. The fourth-order valence-corrected chi connectivity index (χ4v) is 4.21. The minimum absolute atomic E-state index is 0.436. The molecule has 0 atom stereocenters. The van der Waals surface area contributed by atoms with Crippen LogP contribution in [-0.2, 0) is 19.5 Å². The molecule has 1 amide bonds. The van der Waals surface area contributed by atoms with E-state index in [0.717, 1.165) is 42.3 Å². The molecule has 4 rings (SSSR count). The lowest BCUT2D eigenvalue weighted by atomic mass is 10.1. The first-order chi connectivity index (χ1) is 12.1. The second kappa shape index (κ2) is 6.42. The molecule has 0 saturated heterocycles.